The highest BCUT2D eigenvalue weighted by atomic mass is 16.2. The van der Waals surface area contributed by atoms with Gasteiger partial charge in [0.25, 0.3) is 5.91 Å². The second kappa shape index (κ2) is 4.81. The lowest BCUT2D eigenvalue weighted by atomic mass is 10.1. The van der Waals surface area contributed by atoms with Gasteiger partial charge < -0.3 is 14.9 Å². The summed E-state index contributed by atoms with van der Waals surface area (Å²) in [6, 6.07) is 12.1. The number of hydrogen-bond donors (Lipinski definition) is 2. The second-order valence-corrected chi connectivity index (χ2v) is 5.56. The summed E-state index contributed by atoms with van der Waals surface area (Å²) in [5, 5.41) is 1.13. The molecule has 1 aliphatic rings. The molecule has 4 rings (SSSR count). The summed E-state index contributed by atoms with van der Waals surface area (Å²) in [4.78, 5) is 21.2. The number of H-pyrrole nitrogens is 2. The van der Waals surface area contributed by atoms with E-state index in [9.17, 15) is 4.79 Å². The number of carbonyl (C=O) groups is 1. The number of amides is 1. The van der Waals surface area contributed by atoms with Crippen LogP contribution in [0.3, 0.4) is 0 Å². The fourth-order valence-corrected chi connectivity index (χ4v) is 3.23. The molecule has 1 unspecified atom stereocenters. The number of hydrogen-bond acceptors (Lipinski definition) is 1. The highest BCUT2D eigenvalue weighted by Gasteiger charge is 2.31. The molecule has 4 heteroatoms. The Morgan fingerprint density at radius 3 is 2.95 bits per heavy atom. The van der Waals surface area contributed by atoms with E-state index in [-0.39, 0.29) is 11.9 Å². The van der Waals surface area contributed by atoms with Crippen molar-refractivity contribution in [2.24, 2.45) is 0 Å². The van der Waals surface area contributed by atoms with E-state index in [4.69, 9.17) is 0 Å². The zero-order valence-corrected chi connectivity index (χ0v) is 11.7. The first kappa shape index (κ1) is 12.3. The van der Waals surface area contributed by atoms with E-state index in [0.717, 1.165) is 41.5 Å². The van der Waals surface area contributed by atoms with Crippen LogP contribution >= 0.6 is 0 Å². The maximum Gasteiger partial charge on any atom is 0.254 e. The van der Waals surface area contributed by atoms with E-state index in [2.05, 4.69) is 16.0 Å². The van der Waals surface area contributed by atoms with Crippen LogP contribution in [-0.2, 0) is 0 Å². The normalized spacial score (nSPS) is 18.5. The van der Waals surface area contributed by atoms with Gasteiger partial charge in [0.05, 0.1) is 6.04 Å². The highest BCUT2D eigenvalue weighted by molar-refractivity contribution is 5.98. The summed E-state index contributed by atoms with van der Waals surface area (Å²) in [6.07, 6.45) is 5.90. The molecule has 1 aliphatic heterocycles. The fraction of sp³-hybridized carbons (Fsp3) is 0.235. The van der Waals surface area contributed by atoms with Gasteiger partial charge in [-0.3, -0.25) is 4.79 Å². The molecule has 1 atom stereocenters. The molecule has 106 valence electrons. The maximum absolute atomic E-state index is 12.8. The Bertz CT molecular complexity index is 772. The summed E-state index contributed by atoms with van der Waals surface area (Å²) >= 11 is 0. The number of carbonyl (C=O) groups excluding carboxylic acids is 1. The van der Waals surface area contributed by atoms with Crippen molar-refractivity contribution in [3.63, 3.8) is 0 Å². The molecule has 2 N–H and O–H groups in total. The van der Waals surface area contributed by atoms with Crippen LogP contribution in [0.5, 0.6) is 0 Å². The minimum atomic E-state index is 0.114. The molecule has 0 bridgehead atoms. The van der Waals surface area contributed by atoms with Gasteiger partial charge in [-0.1, -0.05) is 6.07 Å². The van der Waals surface area contributed by atoms with Gasteiger partial charge in [0, 0.05) is 35.7 Å². The molecule has 1 amide bonds. The number of nitrogens with one attached hydrogen (secondary N) is 2. The van der Waals surface area contributed by atoms with E-state index in [1.54, 1.807) is 0 Å². The Hall–Kier alpha value is -2.49. The van der Waals surface area contributed by atoms with Crippen molar-refractivity contribution >= 4 is 16.8 Å². The van der Waals surface area contributed by atoms with Gasteiger partial charge >= 0.3 is 0 Å². The molecule has 1 fully saturated rings. The van der Waals surface area contributed by atoms with Gasteiger partial charge in [-0.15, -0.1) is 0 Å². The molecule has 0 aliphatic carbocycles. The number of fused-ring (bicyclic) bond motifs is 1. The lowest BCUT2D eigenvalue weighted by molar-refractivity contribution is 0.0733. The Morgan fingerprint density at radius 1 is 1.14 bits per heavy atom. The Morgan fingerprint density at radius 2 is 2.10 bits per heavy atom. The van der Waals surface area contributed by atoms with Crippen molar-refractivity contribution < 1.29 is 4.79 Å². The average Bonchev–Trinajstić information content (AvgIpc) is 3.24. The minimum absolute atomic E-state index is 0.114. The molecule has 3 heterocycles. The summed E-state index contributed by atoms with van der Waals surface area (Å²) in [6.45, 7) is 0.825. The average molecular weight is 279 g/mol. The molecule has 1 aromatic carbocycles. The lowest BCUT2D eigenvalue weighted by Crippen LogP contribution is -2.30. The standard InChI is InChI=1S/C17H17N3O/c21-17(13-6-5-12-7-9-19-15(12)11-13)20-10-2-4-16(20)14-3-1-8-18-14/h1,3,5-9,11,16,18-19H,2,4,10H2. The zero-order chi connectivity index (χ0) is 14.2. The summed E-state index contributed by atoms with van der Waals surface area (Å²) in [5.74, 6) is 0.114. The van der Waals surface area contributed by atoms with Crippen molar-refractivity contribution in [3.8, 4) is 0 Å². The van der Waals surface area contributed by atoms with Crippen LogP contribution in [0.4, 0.5) is 0 Å². The molecular weight excluding hydrogens is 262 g/mol. The third-order valence-corrected chi connectivity index (χ3v) is 4.30. The van der Waals surface area contributed by atoms with Gasteiger partial charge in [0.15, 0.2) is 0 Å². The first-order valence-corrected chi connectivity index (χ1v) is 7.34. The van der Waals surface area contributed by atoms with Gasteiger partial charge in [-0.2, -0.15) is 0 Å². The summed E-state index contributed by atoms with van der Waals surface area (Å²) in [5.41, 5.74) is 2.89. The van der Waals surface area contributed by atoms with Crippen LogP contribution < -0.4 is 0 Å². The summed E-state index contributed by atoms with van der Waals surface area (Å²) in [7, 11) is 0. The molecule has 21 heavy (non-hydrogen) atoms. The van der Waals surface area contributed by atoms with Gasteiger partial charge in [-0.25, -0.2) is 0 Å². The van der Waals surface area contributed by atoms with Crippen molar-refractivity contribution in [2.45, 2.75) is 18.9 Å². The number of benzene rings is 1. The summed E-state index contributed by atoms with van der Waals surface area (Å²) < 4.78 is 0. The molecule has 0 saturated carbocycles. The molecule has 3 aromatic rings. The van der Waals surface area contributed by atoms with E-state index in [1.165, 1.54) is 0 Å². The van der Waals surface area contributed by atoms with Crippen molar-refractivity contribution in [3.05, 3.63) is 60.0 Å². The van der Waals surface area contributed by atoms with Crippen molar-refractivity contribution in [1.29, 1.82) is 0 Å². The third-order valence-electron chi connectivity index (χ3n) is 4.30. The fourth-order valence-electron chi connectivity index (χ4n) is 3.23. The molecule has 0 radical (unpaired) electrons. The molecular formula is C17H17N3O. The van der Waals surface area contributed by atoms with Crippen molar-refractivity contribution in [2.75, 3.05) is 6.54 Å². The van der Waals surface area contributed by atoms with Gasteiger partial charge in [0.1, 0.15) is 0 Å². The molecule has 0 spiro atoms. The monoisotopic (exact) mass is 279 g/mol. The Labute approximate surface area is 122 Å². The molecule has 2 aromatic heterocycles. The lowest BCUT2D eigenvalue weighted by Gasteiger charge is -2.24. The van der Waals surface area contributed by atoms with Crippen molar-refractivity contribution in [1.82, 2.24) is 14.9 Å². The zero-order valence-electron chi connectivity index (χ0n) is 11.7. The largest absolute Gasteiger partial charge is 0.363 e. The number of aromatic amines is 2. The number of likely N-dealkylation sites (tertiary alicyclic amines) is 1. The second-order valence-electron chi connectivity index (χ2n) is 5.56. The first-order chi connectivity index (χ1) is 10.3. The smallest absolute Gasteiger partial charge is 0.254 e. The van der Waals surface area contributed by atoms with Crippen LogP contribution in [0.15, 0.2) is 48.8 Å². The topological polar surface area (TPSA) is 51.9 Å². The Kier molecular flexibility index (Phi) is 2.81. The predicted octanol–water partition coefficient (Wildman–Crippen LogP) is 3.47. The van der Waals surface area contributed by atoms with E-state index in [0.29, 0.717) is 0 Å². The quantitative estimate of drug-likeness (QED) is 0.741. The van der Waals surface area contributed by atoms with E-state index in [1.807, 2.05) is 47.6 Å². The number of rotatable bonds is 2. The van der Waals surface area contributed by atoms with Crippen LogP contribution in [0, 0.1) is 0 Å². The van der Waals surface area contributed by atoms with E-state index >= 15 is 0 Å². The van der Waals surface area contributed by atoms with Gasteiger partial charge in [0.2, 0.25) is 0 Å². The SMILES string of the molecule is O=C(c1ccc2cc[nH]c2c1)N1CCCC1c1ccc[nH]1. The first-order valence-electron chi connectivity index (χ1n) is 7.34. The number of nitrogens with zero attached hydrogens (tertiary/aromatic N) is 1. The predicted molar refractivity (Wildman–Crippen MR) is 82.1 cm³/mol. The maximum atomic E-state index is 12.8. The van der Waals surface area contributed by atoms with Crippen LogP contribution in [0.25, 0.3) is 10.9 Å². The van der Waals surface area contributed by atoms with E-state index < -0.39 is 0 Å². The molecule has 1 saturated heterocycles. The minimum Gasteiger partial charge on any atom is -0.363 e. The van der Waals surface area contributed by atoms with Gasteiger partial charge in [-0.05, 0) is 48.6 Å². The van der Waals surface area contributed by atoms with Crippen LogP contribution in [-0.4, -0.2) is 27.3 Å². The third kappa shape index (κ3) is 2.03. The Balaban J connectivity index is 1.66. The number of aromatic nitrogens is 2. The van der Waals surface area contributed by atoms with Crippen LogP contribution in [0.2, 0.25) is 0 Å². The van der Waals surface area contributed by atoms with Crippen LogP contribution in [0.1, 0.15) is 34.9 Å². The molecule has 4 nitrogen and oxygen atoms in total. The highest BCUT2D eigenvalue weighted by Crippen LogP contribution is 2.32.